The van der Waals surface area contributed by atoms with Crippen LogP contribution in [0.5, 0.6) is 0 Å². The van der Waals surface area contributed by atoms with Crippen LogP contribution >= 0.6 is 0 Å². The third-order valence-corrected chi connectivity index (χ3v) is 3.52. The average molecular weight is 392 g/mol. The minimum atomic E-state index is -0.512. The van der Waals surface area contributed by atoms with Crippen molar-refractivity contribution in [1.29, 1.82) is 0 Å². The summed E-state index contributed by atoms with van der Waals surface area (Å²) in [7, 11) is 1.68. The normalized spacial score (nSPS) is 11.8. The number of guanidine groups is 1. The Balaban J connectivity index is 2.34. The third-order valence-electron chi connectivity index (χ3n) is 3.52. The predicted molar refractivity (Wildman–Crippen MR) is 112 cm³/mol. The Morgan fingerprint density at radius 2 is 1.64 bits per heavy atom. The number of carbonyl (C=O) groups is 2. The molecule has 8 heteroatoms. The molecule has 0 saturated carbocycles. The zero-order valence-corrected chi connectivity index (χ0v) is 17.7. The number of benzene rings is 1. The van der Waals surface area contributed by atoms with Crippen molar-refractivity contribution in [2.45, 2.75) is 46.8 Å². The maximum Gasteiger partial charge on any atom is 0.407 e. The largest absolute Gasteiger partial charge is 0.444 e. The van der Waals surface area contributed by atoms with Gasteiger partial charge >= 0.3 is 6.09 Å². The molecule has 0 radical (unpaired) electrons. The highest BCUT2D eigenvalue weighted by Crippen LogP contribution is 2.11. The first-order valence-corrected chi connectivity index (χ1v) is 9.42. The zero-order chi connectivity index (χ0) is 21.2. The van der Waals surface area contributed by atoms with E-state index in [-0.39, 0.29) is 11.8 Å². The number of ether oxygens (including phenoxy) is 1. The quantitative estimate of drug-likeness (QED) is 0.325. The number of amides is 2. The lowest BCUT2D eigenvalue weighted by Crippen LogP contribution is -2.42. The van der Waals surface area contributed by atoms with E-state index in [1.54, 1.807) is 7.05 Å². The van der Waals surface area contributed by atoms with Gasteiger partial charge in [-0.2, -0.15) is 0 Å². The van der Waals surface area contributed by atoms with Crippen LogP contribution in [0.3, 0.4) is 0 Å². The molecule has 0 saturated heterocycles. The Morgan fingerprint density at radius 3 is 2.18 bits per heavy atom. The molecule has 0 aliphatic carbocycles. The van der Waals surface area contributed by atoms with Gasteiger partial charge in [-0.3, -0.25) is 9.79 Å². The van der Waals surface area contributed by atoms with Crippen LogP contribution in [0.1, 0.15) is 40.2 Å². The van der Waals surface area contributed by atoms with Crippen molar-refractivity contribution >= 4 is 23.6 Å². The van der Waals surface area contributed by atoms with Gasteiger partial charge in [0.25, 0.3) is 0 Å². The fraction of sp³-hybridized carbons (Fsp3) is 0.550. The van der Waals surface area contributed by atoms with Crippen molar-refractivity contribution in [1.82, 2.24) is 16.0 Å². The van der Waals surface area contributed by atoms with Crippen molar-refractivity contribution < 1.29 is 14.3 Å². The highest BCUT2D eigenvalue weighted by Gasteiger charge is 2.15. The number of aliphatic imine (C=N–C) groups is 1. The van der Waals surface area contributed by atoms with Gasteiger partial charge in [0.05, 0.1) is 0 Å². The number of hydrogen-bond donors (Lipinski definition) is 4. The highest BCUT2D eigenvalue weighted by atomic mass is 16.6. The number of alkyl carbamates (subject to hydrolysis) is 1. The second-order valence-electron chi connectivity index (χ2n) is 7.62. The summed E-state index contributed by atoms with van der Waals surface area (Å²) in [5, 5.41) is 11.9. The highest BCUT2D eigenvalue weighted by molar-refractivity contribution is 5.92. The summed E-state index contributed by atoms with van der Waals surface area (Å²) in [5.41, 5.74) is 1.32. The SMILES string of the molecule is CN=C(NCCNC(=O)OC(C)(C)C)NCc1ccc(NC(=O)C(C)C)cc1. The number of nitrogens with zero attached hydrogens (tertiary/aromatic N) is 1. The summed E-state index contributed by atoms with van der Waals surface area (Å²) >= 11 is 0. The lowest BCUT2D eigenvalue weighted by Gasteiger charge is -2.20. The maximum atomic E-state index is 11.7. The summed E-state index contributed by atoms with van der Waals surface area (Å²) in [5.74, 6) is 0.569. The Kier molecular flexibility index (Phi) is 9.27. The Bertz CT molecular complexity index is 663. The second-order valence-corrected chi connectivity index (χ2v) is 7.62. The molecule has 0 spiro atoms. The van der Waals surface area contributed by atoms with Gasteiger partial charge in [0.1, 0.15) is 5.60 Å². The van der Waals surface area contributed by atoms with Gasteiger partial charge in [0.2, 0.25) is 5.91 Å². The van der Waals surface area contributed by atoms with Crippen LogP contribution in [0.4, 0.5) is 10.5 Å². The van der Waals surface area contributed by atoms with Crippen molar-refractivity contribution in [3.63, 3.8) is 0 Å². The fourth-order valence-corrected chi connectivity index (χ4v) is 2.06. The average Bonchev–Trinajstić information content (AvgIpc) is 2.60. The molecule has 156 valence electrons. The molecule has 1 rings (SSSR count). The molecule has 2 amide bonds. The van der Waals surface area contributed by atoms with Crippen molar-refractivity contribution in [2.24, 2.45) is 10.9 Å². The van der Waals surface area contributed by atoms with E-state index in [0.29, 0.717) is 25.6 Å². The molecule has 8 nitrogen and oxygen atoms in total. The first kappa shape index (κ1) is 23.3. The first-order chi connectivity index (χ1) is 13.1. The molecule has 28 heavy (non-hydrogen) atoms. The molecule has 1 aromatic rings. The van der Waals surface area contributed by atoms with Crippen molar-refractivity contribution in [3.05, 3.63) is 29.8 Å². The Hall–Kier alpha value is -2.77. The molecular formula is C20H33N5O3. The van der Waals surface area contributed by atoms with Crippen LogP contribution in [-0.4, -0.2) is 43.7 Å². The number of anilines is 1. The number of hydrogen-bond acceptors (Lipinski definition) is 4. The van der Waals surface area contributed by atoms with Crippen LogP contribution in [0.2, 0.25) is 0 Å². The van der Waals surface area contributed by atoms with Crippen LogP contribution in [0, 0.1) is 5.92 Å². The molecule has 0 unspecified atom stereocenters. The van der Waals surface area contributed by atoms with E-state index in [9.17, 15) is 9.59 Å². The van der Waals surface area contributed by atoms with E-state index >= 15 is 0 Å². The summed E-state index contributed by atoms with van der Waals surface area (Å²) in [6.45, 7) is 10.7. The molecule has 0 atom stereocenters. The summed E-state index contributed by atoms with van der Waals surface area (Å²) in [6, 6.07) is 7.64. The Labute approximate surface area is 167 Å². The van der Waals surface area contributed by atoms with E-state index in [0.717, 1.165) is 11.3 Å². The molecule has 0 bridgehead atoms. The summed E-state index contributed by atoms with van der Waals surface area (Å²) in [6.07, 6.45) is -0.443. The van der Waals surface area contributed by atoms with Crippen LogP contribution in [-0.2, 0) is 16.1 Å². The van der Waals surface area contributed by atoms with Gasteiger partial charge in [-0.05, 0) is 38.5 Å². The second kappa shape index (κ2) is 11.2. The van der Waals surface area contributed by atoms with Gasteiger partial charge in [0.15, 0.2) is 5.96 Å². The Morgan fingerprint density at radius 1 is 1.04 bits per heavy atom. The van der Waals surface area contributed by atoms with Crippen LogP contribution < -0.4 is 21.3 Å². The molecule has 0 aliphatic rings. The molecular weight excluding hydrogens is 358 g/mol. The molecule has 1 aromatic carbocycles. The van der Waals surface area contributed by atoms with E-state index < -0.39 is 11.7 Å². The number of rotatable bonds is 7. The van der Waals surface area contributed by atoms with E-state index in [2.05, 4.69) is 26.3 Å². The monoisotopic (exact) mass is 391 g/mol. The van der Waals surface area contributed by atoms with Gasteiger partial charge in [-0.1, -0.05) is 26.0 Å². The number of nitrogens with one attached hydrogen (secondary N) is 4. The van der Waals surface area contributed by atoms with Crippen molar-refractivity contribution in [3.8, 4) is 0 Å². The lowest BCUT2D eigenvalue weighted by atomic mass is 10.1. The predicted octanol–water partition coefficient (Wildman–Crippen LogP) is 2.47. The molecule has 0 fully saturated rings. The standard InChI is InChI=1S/C20H33N5O3/c1-14(2)17(26)25-16-9-7-15(8-10-16)13-24-18(21-6)22-11-12-23-19(27)28-20(3,4)5/h7-10,14H,11-13H2,1-6H3,(H,23,27)(H,25,26)(H2,21,22,24). The summed E-state index contributed by atoms with van der Waals surface area (Å²) < 4.78 is 5.17. The van der Waals surface area contributed by atoms with Gasteiger partial charge in [0, 0.05) is 38.3 Å². The van der Waals surface area contributed by atoms with Crippen LogP contribution in [0.15, 0.2) is 29.3 Å². The zero-order valence-electron chi connectivity index (χ0n) is 17.7. The smallest absolute Gasteiger partial charge is 0.407 e. The summed E-state index contributed by atoms with van der Waals surface area (Å²) in [4.78, 5) is 27.4. The minimum Gasteiger partial charge on any atom is -0.444 e. The van der Waals surface area contributed by atoms with E-state index in [1.165, 1.54) is 0 Å². The van der Waals surface area contributed by atoms with Crippen LogP contribution in [0.25, 0.3) is 0 Å². The van der Waals surface area contributed by atoms with Gasteiger partial charge < -0.3 is 26.0 Å². The van der Waals surface area contributed by atoms with Gasteiger partial charge in [-0.15, -0.1) is 0 Å². The third kappa shape index (κ3) is 9.80. The molecule has 4 N–H and O–H groups in total. The molecule has 0 aromatic heterocycles. The topological polar surface area (TPSA) is 104 Å². The maximum absolute atomic E-state index is 11.7. The lowest BCUT2D eigenvalue weighted by molar-refractivity contribution is -0.118. The molecule has 0 heterocycles. The van der Waals surface area contributed by atoms with E-state index in [1.807, 2.05) is 58.9 Å². The van der Waals surface area contributed by atoms with E-state index in [4.69, 9.17) is 4.74 Å². The molecule has 0 aliphatic heterocycles. The minimum absolute atomic E-state index is 0.00420. The first-order valence-electron chi connectivity index (χ1n) is 9.42. The van der Waals surface area contributed by atoms with Gasteiger partial charge in [-0.25, -0.2) is 4.79 Å². The fourth-order valence-electron chi connectivity index (χ4n) is 2.06. The van der Waals surface area contributed by atoms with Crippen molar-refractivity contribution in [2.75, 3.05) is 25.5 Å². The number of carbonyl (C=O) groups excluding carboxylic acids is 2.